The lowest BCUT2D eigenvalue weighted by atomic mass is 9.48. The second-order valence-electron chi connectivity index (χ2n) is 10.6. The molecular formula is C27H33NO2. The summed E-state index contributed by atoms with van der Waals surface area (Å²) in [4.78, 5) is 12.0. The van der Waals surface area contributed by atoms with E-state index in [-0.39, 0.29) is 5.41 Å². The van der Waals surface area contributed by atoms with E-state index in [1.807, 2.05) is 30.3 Å². The van der Waals surface area contributed by atoms with E-state index in [0.717, 1.165) is 49.8 Å². The van der Waals surface area contributed by atoms with Crippen molar-refractivity contribution in [1.29, 1.82) is 0 Å². The zero-order chi connectivity index (χ0) is 21.1. The highest BCUT2D eigenvalue weighted by Gasteiger charge is 2.63. The molecule has 3 nitrogen and oxygen atoms in total. The van der Waals surface area contributed by atoms with Gasteiger partial charge in [0.1, 0.15) is 5.60 Å². The average Bonchev–Trinajstić information content (AvgIpc) is 2.98. The van der Waals surface area contributed by atoms with E-state index in [1.165, 1.54) is 5.57 Å². The van der Waals surface area contributed by atoms with E-state index in [2.05, 4.69) is 25.7 Å². The van der Waals surface area contributed by atoms with Gasteiger partial charge in [-0.05, 0) is 98.5 Å². The van der Waals surface area contributed by atoms with E-state index >= 15 is 0 Å². The minimum Gasteiger partial charge on any atom is -0.399 e. The molecule has 30 heavy (non-hydrogen) atoms. The van der Waals surface area contributed by atoms with Crippen molar-refractivity contribution in [2.45, 2.75) is 64.4 Å². The SMILES string of the molecule is C[C@@H]1CC2=CC(=O)CCC2C2CC[C@@]3(C)C(CC[C@@]3(O)C#Cc3ccc(N)cc3)C21. The molecule has 3 fully saturated rings. The van der Waals surface area contributed by atoms with Crippen LogP contribution in [0, 0.1) is 46.8 Å². The van der Waals surface area contributed by atoms with Crippen LogP contribution in [0.4, 0.5) is 5.69 Å². The van der Waals surface area contributed by atoms with Gasteiger partial charge in [0.2, 0.25) is 0 Å². The van der Waals surface area contributed by atoms with E-state index in [9.17, 15) is 9.90 Å². The maximum Gasteiger partial charge on any atom is 0.155 e. The molecule has 7 atom stereocenters. The Hall–Kier alpha value is -2.05. The number of fused-ring (bicyclic) bond motifs is 5. The predicted molar refractivity (Wildman–Crippen MR) is 119 cm³/mol. The van der Waals surface area contributed by atoms with Gasteiger partial charge in [0.05, 0.1) is 0 Å². The average molecular weight is 404 g/mol. The summed E-state index contributed by atoms with van der Waals surface area (Å²) < 4.78 is 0. The number of allylic oxidation sites excluding steroid dienone is 1. The monoisotopic (exact) mass is 403 g/mol. The van der Waals surface area contributed by atoms with Gasteiger partial charge in [-0.2, -0.15) is 0 Å². The predicted octanol–water partition coefficient (Wildman–Crippen LogP) is 4.74. The third-order valence-corrected chi connectivity index (χ3v) is 9.12. The summed E-state index contributed by atoms with van der Waals surface area (Å²) in [5.74, 6) is 9.84. The Bertz CT molecular complexity index is 951. The Morgan fingerprint density at radius 2 is 1.90 bits per heavy atom. The van der Waals surface area contributed by atoms with Crippen LogP contribution in [0.5, 0.6) is 0 Å². The molecule has 3 saturated carbocycles. The van der Waals surface area contributed by atoms with Gasteiger partial charge in [-0.15, -0.1) is 0 Å². The van der Waals surface area contributed by atoms with Crippen LogP contribution in [-0.2, 0) is 4.79 Å². The highest BCUT2D eigenvalue weighted by Crippen LogP contribution is 2.65. The lowest BCUT2D eigenvalue weighted by Gasteiger charge is -2.56. The van der Waals surface area contributed by atoms with E-state index in [4.69, 9.17) is 5.73 Å². The largest absolute Gasteiger partial charge is 0.399 e. The summed E-state index contributed by atoms with van der Waals surface area (Å²) in [6, 6.07) is 7.59. The number of benzene rings is 1. The number of rotatable bonds is 0. The van der Waals surface area contributed by atoms with Crippen LogP contribution < -0.4 is 5.73 Å². The molecule has 1 aromatic carbocycles. The van der Waals surface area contributed by atoms with Crippen molar-refractivity contribution >= 4 is 11.5 Å². The van der Waals surface area contributed by atoms with Crippen LogP contribution in [0.15, 0.2) is 35.9 Å². The number of hydrogen-bond donors (Lipinski definition) is 2. The Balaban J connectivity index is 1.44. The van der Waals surface area contributed by atoms with Crippen molar-refractivity contribution in [3.05, 3.63) is 41.5 Å². The molecule has 4 aliphatic rings. The lowest BCUT2D eigenvalue weighted by Crippen LogP contribution is -2.54. The van der Waals surface area contributed by atoms with Gasteiger partial charge in [-0.25, -0.2) is 0 Å². The number of nitrogen functional groups attached to an aromatic ring is 1. The maximum atomic E-state index is 12.0. The summed E-state index contributed by atoms with van der Waals surface area (Å²) in [6.07, 6.45) is 8.75. The quantitative estimate of drug-likeness (QED) is 0.486. The number of nitrogens with two attached hydrogens (primary N) is 1. The molecule has 158 valence electrons. The van der Waals surface area contributed by atoms with Crippen molar-refractivity contribution in [2.75, 3.05) is 5.73 Å². The minimum absolute atomic E-state index is 0.158. The van der Waals surface area contributed by atoms with Gasteiger partial charge in [0.25, 0.3) is 0 Å². The fourth-order valence-electron chi connectivity index (χ4n) is 7.55. The molecular weight excluding hydrogens is 370 g/mol. The third kappa shape index (κ3) is 2.95. The molecule has 0 aromatic heterocycles. The van der Waals surface area contributed by atoms with Crippen LogP contribution >= 0.6 is 0 Å². The fourth-order valence-corrected chi connectivity index (χ4v) is 7.55. The van der Waals surface area contributed by atoms with Crippen LogP contribution in [-0.4, -0.2) is 16.5 Å². The van der Waals surface area contributed by atoms with Crippen LogP contribution in [0.25, 0.3) is 0 Å². The van der Waals surface area contributed by atoms with E-state index < -0.39 is 5.60 Å². The first kappa shape index (κ1) is 19.9. The Morgan fingerprint density at radius 1 is 1.13 bits per heavy atom. The van der Waals surface area contributed by atoms with Gasteiger partial charge in [-0.3, -0.25) is 4.79 Å². The Morgan fingerprint density at radius 3 is 2.67 bits per heavy atom. The second kappa shape index (κ2) is 6.99. The molecule has 0 aliphatic heterocycles. The summed E-state index contributed by atoms with van der Waals surface area (Å²) >= 11 is 0. The van der Waals surface area contributed by atoms with Crippen molar-refractivity contribution < 1.29 is 9.90 Å². The first-order valence-electron chi connectivity index (χ1n) is 11.7. The van der Waals surface area contributed by atoms with Crippen molar-refractivity contribution in [3.8, 4) is 11.8 Å². The molecule has 0 radical (unpaired) electrons. The summed E-state index contributed by atoms with van der Waals surface area (Å²) in [5.41, 5.74) is 7.76. The van der Waals surface area contributed by atoms with Gasteiger partial charge >= 0.3 is 0 Å². The molecule has 0 bridgehead atoms. The van der Waals surface area contributed by atoms with E-state index in [1.54, 1.807) is 0 Å². The Kier molecular flexibility index (Phi) is 4.63. The molecule has 4 unspecified atom stereocenters. The highest BCUT2D eigenvalue weighted by atomic mass is 16.3. The third-order valence-electron chi connectivity index (χ3n) is 9.12. The molecule has 0 saturated heterocycles. The van der Waals surface area contributed by atoms with Crippen LogP contribution in [0.2, 0.25) is 0 Å². The topological polar surface area (TPSA) is 63.3 Å². The molecule has 3 heteroatoms. The number of carbonyl (C=O) groups excluding carboxylic acids is 1. The first-order chi connectivity index (χ1) is 14.3. The van der Waals surface area contributed by atoms with Crippen molar-refractivity contribution in [1.82, 2.24) is 0 Å². The smallest absolute Gasteiger partial charge is 0.155 e. The molecule has 4 aliphatic carbocycles. The summed E-state index contributed by atoms with van der Waals surface area (Å²) in [7, 11) is 0. The van der Waals surface area contributed by atoms with E-state index in [0.29, 0.717) is 41.8 Å². The van der Waals surface area contributed by atoms with Gasteiger partial charge < -0.3 is 10.8 Å². The second-order valence-corrected chi connectivity index (χ2v) is 10.6. The minimum atomic E-state index is -0.928. The summed E-state index contributed by atoms with van der Waals surface area (Å²) in [5, 5.41) is 11.8. The highest BCUT2D eigenvalue weighted by molar-refractivity contribution is 5.91. The van der Waals surface area contributed by atoms with Crippen molar-refractivity contribution in [2.24, 2.45) is 35.0 Å². The molecule has 0 heterocycles. The molecule has 3 N–H and O–H groups in total. The van der Waals surface area contributed by atoms with Gasteiger partial charge in [0, 0.05) is 23.1 Å². The molecule has 5 rings (SSSR count). The van der Waals surface area contributed by atoms with Crippen LogP contribution in [0.3, 0.4) is 0 Å². The number of aliphatic hydroxyl groups is 1. The normalized spacial score (nSPS) is 42.3. The first-order valence-corrected chi connectivity index (χ1v) is 11.7. The summed E-state index contributed by atoms with van der Waals surface area (Å²) in [6.45, 7) is 4.66. The maximum absolute atomic E-state index is 12.0. The molecule has 1 aromatic rings. The molecule has 0 spiro atoms. The lowest BCUT2D eigenvalue weighted by molar-refractivity contribution is -0.117. The number of anilines is 1. The fraction of sp³-hybridized carbons (Fsp3) is 0.593. The van der Waals surface area contributed by atoms with Crippen LogP contribution in [0.1, 0.15) is 64.4 Å². The van der Waals surface area contributed by atoms with Gasteiger partial charge in [0.15, 0.2) is 5.78 Å². The van der Waals surface area contributed by atoms with Gasteiger partial charge in [-0.1, -0.05) is 31.3 Å². The number of carbonyl (C=O) groups is 1. The van der Waals surface area contributed by atoms with Crippen molar-refractivity contribution in [3.63, 3.8) is 0 Å². The zero-order valence-corrected chi connectivity index (χ0v) is 18.2. The standard InChI is InChI=1S/C27H33NO2/c1-17-15-19-16-21(29)7-8-22(19)23-10-12-26(2)24(25(17)23)11-14-27(26,30)13-9-18-3-5-20(28)6-4-18/h3-6,16-17,22-25,30H,7-8,10-12,14-15,28H2,1-2H3/t17-,22?,23?,24?,25?,26+,27+/m1/s1. The number of hydrogen-bond acceptors (Lipinski definition) is 3. The number of ketones is 1. The Labute approximate surface area is 180 Å². The molecule has 0 amide bonds. The zero-order valence-electron chi connectivity index (χ0n) is 18.2.